The van der Waals surface area contributed by atoms with Crippen molar-refractivity contribution in [1.82, 2.24) is 9.88 Å². The number of aryl methyl sites for hydroxylation is 1. The van der Waals surface area contributed by atoms with E-state index >= 15 is 0 Å². The molecule has 6 aromatic rings. The predicted octanol–water partition coefficient (Wildman–Crippen LogP) is 9.41. The van der Waals surface area contributed by atoms with Crippen molar-refractivity contribution in [2.75, 3.05) is 44.0 Å². The molecule has 344 valence electrons. The topological polar surface area (TPSA) is 162 Å². The van der Waals surface area contributed by atoms with E-state index in [0.29, 0.717) is 86.5 Å². The first-order valence-corrected chi connectivity index (χ1v) is 22.8. The lowest BCUT2D eigenvalue weighted by atomic mass is 9.91. The number of phenolic OH excluding ortho intramolecular Hbond substituents is 1. The fraction of sp³-hybridized carbons (Fsp3) is 0.333. The minimum atomic E-state index is -0.779. The number of hydrogen-bond donors (Lipinski definition) is 4. The van der Waals surface area contributed by atoms with Gasteiger partial charge in [0.05, 0.1) is 24.4 Å². The Bertz CT molecular complexity index is 2660. The summed E-state index contributed by atoms with van der Waals surface area (Å²) in [6.07, 6.45) is 3.52. The third-order valence-electron chi connectivity index (χ3n) is 12.6. The summed E-state index contributed by atoms with van der Waals surface area (Å²) in [7, 11) is 3.42. The number of aromatic hydroxyl groups is 1. The SMILES string of the molecule is COc1ccc(CC(=O)CCc2ccc(N(C)C(=O)CCN3CCC(OC(=O)Nc4ccccc4-c4ccccc4)CC3)cc2)cc1C[C@@H](C)CC[C@H](O)c1ccc(O)c2[nH]c(=O)ccc12. The number of nitrogens with one attached hydrogen (secondary N) is 2. The number of pyridine rings is 1. The molecule has 0 aliphatic carbocycles. The average molecular weight is 893 g/mol. The van der Waals surface area contributed by atoms with Crippen LogP contribution in [0.4, 0.5) is 16.2 Å². The molecular weight excluding hydrogens is 833 g/mol. The molecule has 4 N–H and O–H groups in total. The highest BCUT2D eigenvalue weighted by Crippen LogP contribution is 2.33. The Hall–Kier alpha value is -6.76. The van der Waals surface area contributed by atoms with E-state index in [4.69, 9.17) is 9.47 Å². The Kier molecular flexibility index (Phi) is 16.0. The number of piperidine rings is 1. The van der Waals surface area contributed by atoms with E-state index in [2.05, 4.69) is 22.1 Å². The van der Waals surface area contributed by atoms with Gasteiger partial charge >= 0.3 is 6.09 Å². The highest BCUT2D eigenvalue weighted by Gasteiger charge is 2.24. The first-order chi connectivity index (χ1) is 31.9. The van der Waals surface area contributed by atoms with E-state index in [-0.39, 0.29) is 35.0 Å². The molecule has 1 saturated heterocycles. The number of phenols is 1. The van der Waals surface area contributed by atoms with Crippen LogP contribution in [0.5, 0.6) is 11.5 Å². The molecule has 1 fully saturated rings. The minimum Gasteiger partial charge on any atom is -0.506 e. The number of hydrogen-bond acceptors (Lipinski definition) is 9. The molecule has 0 saturated carbocycles. The Morgan fingerprint density at radius 3 is 2.35 bits per heavy atom. The van der Waals surface area contributed by atoms with E-state index in [1.54, 1.807) is 31.2 Å². The van der Waals surface area contributed by atoms with E-state index in [1.807, 2.05) is 97.1 Å². The molecule has 12 heteroatoms. The molecule has 0 unspecified atom stereocenters. The minimum absolute atomic E-state index is 0.0148. The fourth-order valence-electron chi connectivity index (χ4n) is 8.78. The first kappa shape index (κ1) is 47.2. The van der Waals surface area contributed by atoms with Gasteiger partial charge in [-0.1, -0.05) is 85.8 Å². The molecule has 1 aromatic heterocycles. The Morgan fingerprint density at radius 1 is 0.864 bits per heavy atom. The monoisotopic (exact) mass is 892 g/mol. The number of fused-ring (bicyclic) bond motifs is 1. The van der Waals surface area contributed by atoms with Crippen molar-refractivity contribution < 1.29 is 34.1 Å². The normalized spacial score (nSPS) is 14.1. The smallest absolute Gasteiger partial charge is 0.411 e. The van der Waals surface area contributed by atoms with E-state index < -0.39 is 12.2 Å². The number of aromatic nitrogens is 1. The molecule has 2 heterocycles. The number of ketones is 1. The summed E-state index contributed by atoms with van der Waals surface area (Å²) in [6, 6.07) is 37.5. The van der Waals surface area contributed by atoms with Gasteiger partial charge in [0.15, 0.2) is 0 Å². The number of aliphatic hydroxyl groups is 1. The molecule has 2 amide bonds. The molecule has 66 heavy (non-hydrogen) atoms. The van der Waals surface area contributed by atoms with E-state index in [0.717, 1.165) is 52.3 Å². The third kappa shape index (κ3) is 12.5. The van der Waals surface area contributed by atoms with Gasteiger partial charge in [0.2, 0.25) is 11.5 Å². The number of aliphatic hydroxyl groups excluding tert-OH is 1. The number of ether oxygens (including phenoxy) is 2. The van der Waals surface area contributed by atoms with Crippen molar-refractivity contribution >= 4 is 40.1 Å². The molecule has 0 radical (unpaired) electrons. The second-order valence-electron chi connectivity index (χ2n) is 17.4. The summed E-state index contributed by atoms with van der Waals surface area (Å²) in [5.74, 6) is 1.05. The van der Waals surface area contributed by atoms with Crippen molar-refractivity contribution in [3.63, 3.8) is 0 Å². The molecule has 7 rings (SSSR count). The number of carbonyl (C=O) groups excluding carboxylic acids is 3. The molecule has 0 bridgehead atoms. The first-order valence-electron chi connectivity index (χ1n) is 22.8. The molecule has 12 nitrogen and oxygen atoms in total. The number of nitrogens with zero attached hydrogens (tertiary/aromatic N) is 2. The average Bonchev–Trinajstić information content (AvgIpc) is 3.33. The van der Waals surface area contributed by atoms with Gasteiger partial charge in [0, 0.05) is 68.6 Å². The number of amides is 2. The Labute approximate surface area is 386 Å². The number of Topliss-reactive ketones (excluding diaryl/α,β-unsaturated/α-hetero) is 1. The number of para-hydroxylation sites is 1. The lowest BCUT2D eigenvalue weighted by molar-refractivity contribution is -0.119. The second kappa shape index (κ2) is 22.4. The van der Waals surface area contributed by atoms with Crippen LogP contribution in [0.3, 0.4) is 0 Å². The van der Waals surface area contributed by atoms with Crippen LogP contribution in [0.2, 0.25) is 0 Å². The number of rotatable bonds is 19. The highest BCUT2D eigenvalue weighted by molar-refractivity contribution is 5.93. The molecule has 2 atom stereocenters. The second-order valence-corrected chi connectivity index (χ2v) is 17.4. The number of H-pyrrole nitrogens is 1. The van der Waals surface area contributed by atoms with Crippen LogP contribution in [-0.4, -0.2) is 77.8 Å². The molecule has 0 spiro atoms. The number of aromatic amines is 1. The van der Waals surface area contributed by atoms with Crippen LogP contribution in [0, 0.1) is 5.92 Å². The predicted molar refractivity (Wildman–Crippen MR) is 259 cm³/mol. The van der Waals surface area contributed by atoms with Crippen molar-refractivity contribution in [2.24, 2.45) is 5.92 Å². The van der Waals surface area contributed by atoms with Gasteiger partial charge in [-0.15, -0.1) is 0 Å². The van der Waals surface area contributed by atoms with Crippen LogP contribution in [0.15, 0.2) is 126 Å². The standard InChI is InChI=1S/C54H60N4O8/c1-36(13-23-48(60)45-21-24-49(61)53-46(45)22-26-51(62)56-53)33-40-34-38(17-25-50(40)65-3)35-42(59)20-16-37-14-18-41(19-15-37)57(2)52(63)29-32-58-30-27-43(28-31-58)66-54(64)55-47-12-8-7-11-44(47)39-9-5-4-6-10-39/h4-12,14-15,17-19,21-22,24-26,34,36,43,48,60-61H,13,16,20,23,27-33,35H2,1-3H3,(H,55,64)(H,56,62)/t36-,48-/m0/s1. The number of carbonyl (C=O) groups is 3. The zero-order valence-electron chi connectivity index (χ0n) is 38.0. The van der Waals surface area contributed by atoms with Crippen LogP contribution < -0.4 is 20.5 Å². The van der Waals surface area contributed by atoms with Crippen LogP contribution >= 0.6 is 0 Å². The maximum Gasteiger partial charge on any atom is 0.411 e. The summed E-state index contributed by atoms with van der Waals surface area (Å²) in [4.78, 5) is 57.6. The van der Waals surface area contributed by atoms with Crippen molar-refractivity contribution in [1.29, 1.82) is 0 Å². The summed E-state index contributed by atoms with van der Waals surface area (Å²) in [6.45, 7) is 4.22. The number of benzene rings is 5. The number of methoxy groups -OCH3 is 1. The zero-order valence-corrected chi connectivity index (χ0v) is 38.0. The summed E-state index contributed by atoms with van der Waals surface area (Å²) >= 11 is 0. The van der Waals surface area contributed by atoms with Crippen LogP contribution in [0.1, 0.15) is 73.8 Å². The molecule has 5 aromatic carbocycles. The lowest BCUT2D eigenvalue weighted by Crippen LogP contribution is -2.40. The summed E-state index contributed by atoms with van der Waals surface area (Å²) < 4.78 is 11.5. The quantitative estimate of drug-likeness (QED) is 0.0621. The number of anilines is 2. The van der Waals surface area contributed by atoms with E-state index in [9.17, 15) is 29.4 Å². The number of likely N-dealkylation sites (tertiary alicyclic amines) is 1. The Balaban J connectivity index is 0.812. The molecule has 1 aliphatic heterocycles. The van der Waals surface area contributed by atoms with Gasteiger partial charge in [-0.05, 0) is 109 Å². The van der Waals surface area contributed by atoms with Gasteiger partial charge in [0.1, 0.15) is 23.4 Å². The zero-order chi connectivity index (χ0) is 46.6. The third-order valence-corrected chi connectivity index (χ3v) is 12.6. The van der Waals surface area contributed by atoms with Crippen molar-refractivity contribution in [3.05, 3.63) is 154 Å². The van der Waals surface area contributed by atoms with Crippen LogP contribution in [-0.2, 0) is 33.6 Å². The summed E-state index contributed by atoms with van der Waals surface area (Å²) in [5, 5.41) is 24.9. The Morgan fingerprint density at radius 2 is 1.59 bits per heavy atom. The largest absolute Gasteiger partial charge is 0.506 e. The van der Waals surface area contributed by atoms with Gasteiger partial charge in [0.25, 0.3) is 0 Å². The van der Waals surface area contributed by atoms with Gasteiger partial charge in [-0.25, -0.2) is 4.79 Å². The molecular formula is C54H60N4O8. The highest BCUT2D eigenvalue weighted by atomic mass is 16.6. The van der Waals surface area contributed by atoms with Crippen molar-refractivity contribution in [2.45, 2.75) is 76.9 Å². The fourth-order valence-corrected chi connectivity index (χ4v) is 8.78. The van der Waals surface area contributed by atoms with Gasteiger partial charge in [-0.3, -0.25) is 19.7 Å². The van der Waals surface area contributed by atoms with Gasteiger partial charge in [-0.2, -0.15) is 0 Å². The summed E-state index contributed by atoms with van der Waals surface area (Å²) in [5.41, 5.74) is 7.03. The van der Waals surface area contributed by atoms with Gasteiger partial charge < -0.3 is 34.5 Å². The lowest BCUT2D eigenvalue weighted by Gasteiger charge is -2.31. The maximum atomic E-state index is 13.2. The van der Waals surface area contributed by atoms with Crippen molar-refractivity contribution in [3.8, 4) is 22.6 Å². The van der Waals surface area contributed by atoms with Crippen LogP contribution in [0.25, 0.3) is 22.0 Å². The molecule has 1 aliphatic rings. The maximum absolute atomic E-state index is 13.2. The van der Waals surface area contributed by atoms with E-state index in [1.165, 1.54) is 12.1 Å².